The Hall–Kier alpha value is -1.62. The summed E-state index contributed by atoms with van der Waals surface area (Å²) in [5.74, 6) is 0.316. The maximum atomic E-state index is 11.6. The number of likely N-dealkylation sites (N-methyl/N-ethyl adjacent to an activating group) is 1. The highest BCUT2D eigenvalue weighted by molar-refractivity contribution is 6.04. The van der Waals surface area contributed by atoms with Gasteiger partial charge in [-0.25, -0.2) is 0 Å². The van der Waals surface area contributed by atoms with Gasteiger partial charge in [-0.3, -0.25) is 9.48 Å². The molecule has 0 N–H and O–H groups in total. The third-order valence-electron chi connectivity index (χ3n) is 2.20. The average molecular weight is 223 g/mol. The Morgan fingerprint density at radius 3 is 2.88 bits per heavy atom. The van der Waals surface area contributed by atoms with E-state index >= 15 is 0 Å². The Morgan fingerprint density at radius 1 is 1.69 bits per heavy atom. The van der Waals surface area contributed by atoms with Crippen LogP contribution >= 0.6 is 0 Å². The number of aromatic nitrogens is 2. The lowest BCUT2D eigenvalue weighted by Crippen LogP contribution is -2.21. The quantitative estimate of drug-likeness (QED) is 0.529. The highest BCUT2D eigenvalue weighted by atomic mass is 16.5. The van der Waals surface area contributed by atoms with Crippen LogP contribution in [0.2, 0.25) is 0 Å². The fourth-order valence-corrected chi connectivity index (χ4v) is 1.33. The molecule has 0 amide bonds. The van der Waals surface area contributed by atoms with Gasteiger partial charge in [0.1, 0.15) is 0 Å². The molecule has 1 aromatic rings. The first-order valence-electron chi connectivity index (χ1n) is 5.01. The number of rotatable bonds is 6. The van der Waals surface area contributed by atoms with Crippen molar-refractivity contribution < 1.29 is 9.53 Å². The number of allylic oxidation sites excluding steroid dienone is 1. The van der Waals surface area contributed by atoms with Gasteiger partial charge in [0.2, 0.25) is 5.78 Å². The molecule has 5 nitrogen and oxygen atoms in total. The summed E-state index contributed by atoms with van der Waals surface area (Å²) < 4.78 is 6.73. The molecule has 0 saturated carbocycles. The van der Waals surface area contributed by atoms with E-state index in [4.69, 9.17) is 4.74 Å². The summed E-state index contributed by atoms with van der Waals surface area (Å²) >= 11 is 0. The minimum absolute atomic E-state index is 0.173. The van der Waals surface area contributed by atoms with Crippen molar-refractivity contribution in [3.05, 3.63) is 24.5 Å². The van der Waals surface area contributed by atoms with E-state index in [-0.39, 0.29) is 5.78 Å². The number of carbonyl (C=O) groups excluding carboxylic acids is 1. The number of hydrogen-bond acceptors (Lipinski definition) is 4. The predicted molar refractivity (Wildman–Crippen MR) is 61.9 cm³/mol. The molecule has 0 radical (unpaired) electrons. The second kappa shape index (κ2) is 5.46. The normalized spacial score (nSPS) is 10.5. The van der Waals surface area contributed by atoms with Crippen molar-refractivity contribution in [3.63, 3.8) is 0 Å². The first-order valence-corrected chi connectivity index (χ1v) is 5.01. The van der Waals surface area contributed by atoms with Crippen LogP contribution in [-0.4, -0.2) is 48.2 Å². The number of methoxy groups -OCH3 is 1. The molecule has 0 aromatic carbocycles. The second-order valence-electron chi connectivity index (χ2n) is 3.66. The lowest BCUT2D eigenvalue weighted by molar-refractivity contribution is 0.103. The van der Waals surface area contributed by atoms with Gasteiger partial charge in [0, 0.05) is 6.54 Å². The van der Waals surface area contributed by atoms with Crippen LogP contribution in [0.1, 0.15) is 10.5 Å². The van der Waals surface area contributed by atoms with Gasteiger partial charge in [0.15, 0.2) is 11.4 Å². The van der Waals surface area contributed by atoms with E-state index in [1.54, 1.807) is 10.9 Å². The van der Waals surface area contributed by atoms with Crippen molar-refractivity contribution in [1.29, 1.82) is 0 Å². The summed E-state index contributed by atoms with van der Waals surface area (Å²) in [7, 11) is 5.46. The van der Waals surface area contributed by atoms with Crippen LogP contribution in [0.25, 0.3) is 0 Å². The van der Waals surface area contributed by atoms with E-state index in [0.29, 0.717) is 18.0 Å². The Kier molecular flexibility index (Phi) is 4.25. The Balaban J connectivity index is 2.95. The van der Waals surface area contributed by atoms with Crippen LogP contribution in [0.5, 0.6) is 5.75 Å². The second-order valence-corrected chi connectivity index (χ2v) is 3.66. The van der Waals surface area contributed by atoms with Gasteiger partial charge in [0.05, 0.1) is 19.9 Å². The molecule has 0 fully saturated rings. The largest absolute Gasteiger partial charge is 0.493 e. The van der Waals surface area contributed by atoms with E-state index in [2.05, 4.69) is 11.7 Å². The average Bonchev–Trinajstić information content (AvgIpc) is 2.68. The number of nitrogens with zero attached hydrogens (tertiary/aromatic N) is 3. The molecule has 0 saturated heterocycles. The molecule has 1 heterocycles. The van der Waals surface area contributed by atoms with Gasteiger partial charge < -0.3 is 9.64 Å². The third-order valence-corrected chi connectivity index (χ3v) is 2.20. The number of hydrogen-bond donors (Lipinski definition) is 0. The lowest BCUT2D eigenvalue weighted by atomic mass is 10.2. The van der Waals surface area contributed by atoms with Crippen LogP contribution in [0.4, 0.5) is 0 Å². The van der Waals surface area contributed by atoms with Crippen LogP contribution in [0.15, 0.2) is 18.9 Å². The van der Waals surface area contributed by atoms with E-state index < -0.39 is 0 Å². The molecule has 0 aliphatic rings. The molecule has 88 valence electrons. The highest BCUT2D eigenvalue weighted by Crippen LogP contribution is 2.18. The molecule has 1 rings (SSSR count). The summed E-state index contributed by atoms with van der Waals surface area (Å²) in [6.45, 7) is 4.92. The fourth-order valence-electron chi connectivity index (χ4n) is 1.33. The number of ether oxygens (including phenoxy) is 1. The summed E-state index contributed by atoms with van der Waals surface area (Å²) in [5.41, 5.74) is 0.458. The monoisotopic (exact) mass is 223 g/mol. The van der Waals surface area contributed by atoms with Gasteiger partial charge in [-0.15, -0.1) is 0 Å². The van der Waals surface area contributed by atoms with Crippen LogP contribution in [-0.2, 0) is 6.54 Å². The topological polar surface area (TPSA) is 47.4 Å². The maximum absolute atomic E-state index is 11.6. The van der Waals surface area contributed by atoms with E-state index in [1.165, 1.54) is 13.2 Å². The van der Waals surface area contributed by atoms with Gasteiger partial charge in [-0.05, 0) is 20.2 Å². The van der Waals surface area contributed by atoms with Crippen molar-refractivity contribution in [2.45, 2.75) is 6.54 Å². The van der Waals surface area contributed by atoms with Crippen LogP contribution < -0.4 is 4.74 Å². The molecule has 0 atom stereocenters. The Labute approximate surface area is 95.3 Å². The molecule has 1 aromatic heterocycles. The van der Waals surface area contributed by atoms with E-state index in [1.807, 2.05) is 19.0 Å². The van der Waals surface area contributed by atoms with Crippen LogP contribution in [0.3, 0.4) is 0 Å². The van der Waals surface area contributed by atoms with E-state index in [0.717, 1.165) is 6.54 Å². The molecule has 0 unspecified atom stereocenters. The molecule has 5 heteroatoms. The molecule has 0 aliphatic carbocycles. The summed E-state index contributed by atoms with van der Waals surface area (Å²) in [6.07, 6.45) is 2.82. The van der Waals surface area contributed by atoms with Gasteiger partial charge in [-0.1, -0.05) is 6.58 Å². The Bertz CT molecular complexity index is 383. The minimum Gasteiger partial charge on any atom is -0.493 e. The van der Waals surface area contributed by atoms with Gasteiger partial charge in [-0.2, -0.15) is 5.10 Å². The van der Waals surface area contributed by atoms with Crippen molar-refractivity contribution >= 4 is 5.78 Å². The predicted octanol–water partition coefficient (Wildman–Crippen LogP) is 0.822. The zero-order valence-electron chi connectivity index (χ0n) is 9.93. The summed E-state index contributed by atoms with van der Waals surface area (Å²) in [6, 6.07) is 0. The van der Waals surface area contributed by atoms with Crippen molar-refractivity contribution in [3.8, 4) is 5.75 Å². The maximum Gasteiger partial charge on any atom is 0.207 e. The SMILES string of the molecule is C=CC(=O)c1c(OC)cnn1CCN(C)C. The summed E-state index contributed by atoms with van der Waals surface area (Å²) in [5, 5.41) is 4.12. The first kappa shape index (κ1) is 12.4. The molecule has 0 bridgehead atoms. The third kappa shape index (κ3) is 2.70. The summed E-state index contributed by atoms with van der Waals surface area (Å²) in [4.78, 5) is 13.7. The zero-order valence-corrected chi connectivity index (χ0v) is 9.93. The lowest BCUT2D eigenvalue weighted by Gasteiger charge is -2.11. The van der Waals surface area contributed by atoms with Crippen LogP contribution in [0, 0.1) is 0 Å². The van der Waals surface area contributed by atoms with E-state index in [9.17, 15) is 4.79 Å². The fraction of sp³-hybridized carbons (Fsp3) is 0.455. The molecule has 0 spiro atoms. The zero-order chi connectivity index (χ0) is 12.1. The molecule has 0 aliphatic heterocycles. The smallest absolute Gasteiger partial charge is 0.207 e. The Morgan fingerprint density at radius 2 is 2.38 bits per heavy atom. The highest BCUT2D eigenvalue weighted by Gasteiger charge is 2.16. The van der Waals surface area contributed by atoms with Gasteiger partial charge in [0.25, 0.3) is 0 Å². The molecular weight excluding hydrogens is 206 g/mol. The van der Waals surface area contributed by atoms with Crippen molar-refractivity contribution in [2.24, 2.45) is 0 Å². The van der Waals surface area contributed by atoms with Gasteiger partial charge >= 0.3 is 0 Å². The first-order chi connectivity index (χ1) is 7.60. The number of carbonyl (C=O) groups is 1. The minimum atomic E-state index is -0.173. The number of ketones is 1. The van der Waals surface area contributed by atoms with Crippen molar-refractivity contribution in [2.75, 3.05) is 27.7 Å². The van der Waals surface area contributed by atoms with Crippen molar-refractivity contribution in [1.82, 2.24) is 14.7 Å². The standard InChI is InChI=1S/C11H17N3O2/c1-5-9(15)11-10(16-4)8-12-14(11)7-6-13(2)3/h5,8H,1,6-7H2,2-4H3. The molecular formula is C11H17N3O2. The molecule has 16 heavy (non-hydrogen) atoms.